The van der Waals surface area contributed by atoms with Gasteiger partial charge in [-0.25, -0.2) is 8.42 Å². The van der Waals surface area contributed by atoms with E-state index in [-0.39, 0.29) is 4.90 Å². The van der Waals surface area contributed by atoms with E-state index in [4.69, 9.17) is 0 Å². The SMILES string of the molecule is Cc1cc2c(C(CC3CCCC3)C(=O)O)c[nH]c2cc1Nc1ccc(S(C)(=O)=O)cc1. The van der Waals surface area contributed by atoms with Gasteiger partial charge < -0.3 is 15.4 Å². The molecule has 7 heteroatoms. The van der Waals surface area contributed by atoms with E-state index in [2.05, 4.69) is 10.3 Å². The zero-order valence-electron chi connectivity index (χ0n) is 17.8. The number of nitrogens with one attached hydrogen (secondary N) is 2. The Bertz CT molecular complexity index is 1210. The number of aliphatic carboxylic acids is 1. The van der Waals surface area contributed by atoms with Gasteiger partial charge in [-0.15, -0.1) is 0 Å². The van der Waals surface area contributed by atoms with Crippen molar-refractivity contribution >= 4 is 38.1 Å². The van der Waals surface area contributed by atoms with Gasteiger partial charge >= 0.3 is 5.97 Å². The van der Waals surface area contributed by atoms with Gasteiger partial charge in [-0.1, -0.05) is 25.7 Å². The van der Waals surface area contributed by atoms with Crippen molar-refractivity contribution < 1.29 is 18.3 Å². The van der Waals surface area contributed by atoms with Crippen molar-refractivity contribution in [3.05, 3.63) is 53.7 Å². The second kappa shape index (κ2) is 8.38. The summed E-state index contributed by atoms with van der Waals surface area (Å²) in [6.45, 7) is 1.98. The smallest absolute Gasteiger partial charge is 0.311 e. The molecule has 3 N–H and O–H groups in total. The molecule has 1 atom stereocenters. The molecule has 4 rings (SSSR count). The molecule has 0 bridgehead atoms. The van der Waals surface area contributed by atoms with Gasteiger partial charge in [0.15, 0.2) is 9.84 Å². The number of carboxylic acid groups (broad SMARTS) is 1. The topological polar surface area (TPSA) is 99.3 Å². The van der Waals surface area contributed by atoms with Crippen molar-refractivity contribution in [3.63, 3.8) is 0 Å². The van der Waals surface area contributed by atoms with Crippen LogP contribution < -0.4 is 5.32 Å². The van der Waals surface area contributed by atoms with Gasteiger partial charge in [-0.3, -0.25) is 4.79 Å². The number of anilines is 2. The predicted molar refractivity (Wildman–Crippen MR) is 123 cm³/mol. The van der Waals surface area contributed by atoms with Crippen molar-refractivity contribution in [1.29, 1.82) is 0 Å². The summed E-state index contributed by atoms with van der Waals surface area (Å²) in [4.78, 5) is 15.6. The first-order chi connectivity index (χ1) is 14.7. The molecule has 1 saturated carbocycles. The van der Waals surface area contributed by atoms with Crippen molar-refractivity contribution in [2.45, 2.75) is 49.8 Å². The Balaban J connectivity index is 1.61. The number of aromatic nitrogens is 1. The first kappa shape index (κ1) is 21.4. The standard InChI is InChI=1S/C24H28N2O4S/c1-15-11-19-21(20(24(27)28)12-16-5-3-4-6-16)14-25-23(19)13-22(15)26-17-7-9-18(10-8-17)31(2,29)30/h7-11,13-14,16,20,25-26H,3-6,12H2,1-2H3,(H,27,28). The van der Waals surface area contributed by atoms with E-state index in [1.807, 2.05) is 25.3 Å². The molecule has 2 aromatic carbocycles. The van der Waals surface area contributed by atoms with Crippen LogP contribution in [0, 0.1) is 12.8 Å². The molecule has 0 radical (unpaired) electrons. The highest BCUT2D eigenvalue weighted by atomic mass is 32.2. The van der Waals surface area contributed by atoms with Gasteiger partial charge in [-0.05, 0) is 66.8 Å². The summed E-state index contributed by atoms with van der Waals surface area (Å²) in [5.41, 5.74) is 4.39. The van der Waals surface area contributed by atoms with Gasteiger partial charge in [0.05, 0.1) is 10.8 Å². The number of benzene rings is 2. The Kier molecular flexibility index (Phi) is 5.79. The van der Waals surface area contributed by atoms with Gasteiger partial charge in [-0.2, -0.15) is 0 Å². The molecule has 1 aromatic heterocycles. The van der Waals surface area contributed by atoms with E-state index < -0.39 is 21.7 Å². The van der Waals surface area contributed by atoms with Crippen LogP contribution in [0.1, 0.15) is 49.1 Å². The van der Waals surface area contributed by atoms with Crippen LogP contribution in [-0.2, 0) is 14.6 Å². The number of hydrogen-bond acceptors (Lipinski definition) is 4. The van der Waals surface area contributed by atoms with Crippen LogP contribution in [0.15, 0.2) is 47.5 Å². The quantitative estimate of drug-likeness (QED) is 0.459. The zero-order valence-corrected chi connectivity index (χ0v) is 18.6. The van der Waals surface area contributed by atoms with Crippen LogP contribution in [0.2, 0.25) is 0 Å². The van der Waals surface area contributed by atoms with Gasteiger partial charge in [0.25, 0.3) is 0 Å². The first-order valence-corrected chi connectivity index (χ1v) is 12.5. The van der Waals surface area contributed by atoms with Gasteiger partial charge in [0, 0.05) is 34.7 Å². The summed E-state index contributed by atoms with van der Waals surface area (Å²) < 4.78 is 23.3. The summed E-state index contributed by atoms with van der Waals surface area (Å²) in [5, 5.41) is 14.2. The molecule has 3 aromatic rings. The number of aromatic amines is 1. The molecular weight excluding hydrogens is 412 g/mol. The number of aryl methyl sites for hydroxylation is 1. The maximum atomic E-state index is 12.1. The summed E-state index contributed by atoms with van der Waals surface area (Å²) in [5.74, 6) is -0.778. The summed E-state index contributed by atoms with van der Waals surface area (Å²) in [6, 6.07) is 10.6. The average Bonchev–Trinajstić information content (AvgIpc) is 3.36. The van der Waals surface area contributed by atoms with Crippen LogP contribution >= 0.6 is 0 Å². The molecular formula is C24H28N2O4S. The van der Waals surface area contributed by atoms with Crippen LogP contribution in [0.25, 0.3) is 10.9 Å². The van der Waals surface area contributed by atoms with Gasteiger partial charge in [0.2, 0.25) is 0 Å². The third kappa shape index (κ3) is 4.61. The van der Waals surface area contributed by atoms with Crippen LogP contribution in [0.5, 0.6) is 0 Å². The number of fused-ring (bicyclic) bond motifs is 1. The Morgan fingerprint density at radius 2 is 1.87 bits per heavy atom. The molecule has 1 aliphatic rings. The van der Waals surface area contributed by atoms with Crippen molar-refractivity contribution in [1.82, 2.24) is 4.98 Å². The highest BCUT2D eigenvalue weighted by molar-refractivity contribution is 7.90. The van der Waals surface area contributed by atoms with Crippen LogP contribution in [0.3, 0.4) is 0 Å². The Hall–Kier alpha value is -2.80. The average molecular weight is 441 g/mol. The Morgan fingerprint density at radius 3 is 2.48 bits per heavy atom. The number of carboxylic acids is 1. The number of carbonyl (C=O) groups is 1. The molecule has 0 aliphatic heterocycles. The number of hydrogen-bond donors (Lipinski definition) is 3. The molecule has 1 heterocycles. The molecule has 1 fully saturated rings. The molecule has 1 unspecified atom stereocenters. The number of H-pyrrole nitrogens is 1. The minimum absolute atomic E-state index is 0.279. The van der Waals surface area contributed by atoms with Gasteiger partial charge in [0.1, 0.15) is 0 Å². The van der Waals surface area contributed by atoms with E-state index in [9.17, 15) is 18.3 Å². The molecule has 0 saturated heterocycles. The fraction of sp³-hybridized carbons (Fsp3) is 0.375. The molecule has 31 heavy (non-hydrogen) atoms. The normalized spacial score (nSPS) is 15.9. The summed E-state index contributed by atoms with van der Waals surface area (Å²) in [6.07, 6.45) is 8.35. The van der Waals surface area contributed by atoms with E-state index in [1.165, 1.54) is 19.1 Å². The molecule has 0 amide bonds. The van der Waals surface area contributed by atoms with E-state index in [1.54, 1.807) is 24.3 Å². The number of sulfone groups is 1. The van der Waals surface area contributed by atoms with E-state index in [0.717, 1.165) is 46.2 Å². The molecule has 6 nitrogen and oxygen atoms in total. The van der Waals surface area contributed by atoms with Crippen LogP contribution in [0.4, 0.5) is 11.4 Å². The van der Waals surface area contributed by atoms with Crippen molar-refractivity contribution in [2.24, 2.45) is 5.92 Å². The third-order valence-electron chi connectivity index (χ3n) is 6.34. The van der Waals surface area contributed by atoms with E-state index >= 15 is 0 Å². The second-order valence-electron chi connectivity index (χ2n) is 8.66. The highest BCUT2D eigenvalue weighted by Gasteiger charge is 2.28. The second-order valence-corrected chi connectivity index (χ2v) is 10.7. The minimum Gasteiger partial charge on any atom is -0.481 e. The third-order valence-corrected chi connectivity index (χ3v) is 7.47. The maximum absolute atomic E-state index is 12.1. The fourth-order valence-electron chi connectivity index (χ4n) is 4.60. The summed E-state index contributed by atoms with van der Waals surface area (Å²) in [7, 11) is -3.23. The minimum atomic E-state index is -3.23. The van der Waals surface area contributed by atoms with Crippen molar-refractivity contribution in [2.75, 3.05) is 11.6 Å². The fourth-order valence-corrected chi connectivity index (χ4v) is 5.23. The first-order valence-electron chi connectivity index (χ1n) is 10.6. The molecule has 164 valence electrons. The van der Waals surface area contributed by atoms with Crippen LogP contribution in [-0.4, -0.2) is 30.7 Å². The Labute approximate surface area is 182 Å². The van der Waals surface area contributed by atoms with E-state index in [0.29, 0.717) is 12.3 Å². The zero-order chi connectivity index (χ0) is 22.2. The highest BCUT2D eigenvalue weighted by Crippen LogP contribution is 2.38. The molecule has 1 aliphatic carbocycles. The predicted octanol–water partition coefficient (Wildman–Crippen LogP) is 5.37. The lowest BCUT2D eigenvalue weighted by atomic mass is 9.87. The molecule has 0 spiro atoms. The lowest BCUT2D eigenvalue weighted by molar-refractivity contribution is -0.139. The maximum Gasteiger partial charge on any atom is 0.311 e. The summed E-state index contributed by atoms with van der Waals surface area (Å²) >= 11 is 0. The Morgan fingerprint density at radius 1 is 1.19 bits per heavy atom. The lowest BCUT2D eigenvalue weighted by Gasteiger charge is -2.17. The largest absolute Gasteiger partial charge is 0.481 e. The number of rotatable bonds is 7. The lowest BCUT2D eigenvalue weighted by Crippen LogP contribution is -2.14. The van der Waals surface area contributed by atoms with Crippen molar-refractivity contribution in [3.8, 4) is 0 Å². The monoisotopic (exact) mass is 440 g/mol.